The molecule has 0 aromatic heterocycles. The predicted molar refractivity (Wildman–Crippen MR) is 143 cm³/mol. The van der Waals surface area contributed by atoms with Gasteiger partial charge in [-0.25, -0.2) is 35.8 Å². The minimum atomic E-state index is -5.34. The Hall–Kier alpha value is -3.88. The molecule has 2 amide bonds. The van der Waals surface area contributed by atoms with Crippen molar-refractivity contribution in [1.82, 2.24) is 9.79 Å². The number of benzene rings is 3. The molecule has 1 aliphatic heterocycles. The molecule has 1 atom stereocenters. The third-order valence-electron chi connectivity index (χ3n) is 7.95. The highest BCUT2D eigenvalue weighted by Gasteiger charge is 2.48. The molecule has 5 rings (SSSR count). The van der Waals surface area contributed by atoms with Crippen LogP contribution < -0.4 is 10.4 Å². The second-order valence-corrected chi connectivity index (χ2v) is 12.3. The summed E-state index contributed by atoms with van der Waals surface area (Å²) in [6.07, 6.45) is 4.35. The van der Waals surface area contributed by atoms with Crippen LogP contribution in [0.2, 0.25) is 0 Å². The van der Waals surface area contributed by atoms with E-state index in [1.807, 2.05) is 24.3 Å². The molecule has 43 heavy (non-hydrogen) atoms. The average molecular weight is 624 g/mol. The molecule has 3 aromatic carbocycles. The van der Waals surface area contributed by atoms with Crippen molar-refractivity contribution in [2.75, 3.05) is 11.4 Å². The number of amides is 2. The summed E-state index contributed by atoms with van der Waals surface area (Å²) in [4.78, 5) is 24.8. The van der Waals surface area contributed by atoms with E-state index in [9.17, 15) is 40.0 Å². The molecule has 1 saturated carbocycles. The summed E-state index contributed by atoms with van der Waals surface area (Å²) in [6, 6.07) is 11.4. The Morgan fingerprint density at radius 3 is 1.91 bits per heavy atom. The van der Waals surface area contributed by atoms with Crippen molar-refractivity contribution in [2.45, 2.75) is 55.5 Å². The summed E-state index contributed by atoms with van der Waals surface area (Å²) >= 11 is 0. The number of hydrogen-bond donors (Lipinski definition) is 2. The smallest absolute Gasteiger partial charge is 0.274 e. The first-order chi connectivity index (χ1) is 20.4. The predicted octanol–water partition coefficient (Wildman–Crippen LogP) is 5.16. The van der Waals surface area contributed by atoms with E-state index in [2.05, 4.69) is 0 Å². The van der Waals surface area contributed by atoms with Crippen molar-refractivity contribution in [3.63, 3.8) is 0 Å². The maximum Gasteiger partial charge on any atom is 0.274 e. The molecule has 1 saturated heterocycles. The molecular weight excluding hydrogens is 597 g/mol. The van der Waals surface area contributed by atoms with Gasteiger partial charge in [0, 0.05) is 17.8 Å². The lowest BCUT2D eigenvalue weighted by Crippen LogP contribution is -2.59. The molecule has 1 heterocycles. The quantitative estimate of drug-likeness (QED) is 0.119. The molecule has 1 unspecified atom stereocenters. The number of rotatable bonds is 8. The fourth-order valence-corrected chi connectivity index (χ4v) is 7.24. The molecule has 3 aromatic rings. The van der Waals surface area contributed by atoms with Crippen LogP contribution in [0.25, 0.3) is 0 Å². The molecule has 2 aliphatic rings. The van der Waals surface area contributed by atoms with Gasteiger partial charge in [0.25, 0.3) is 5.91 Å². The first-order valence-corrected chi connectivity index (χ1v) is 14.9. The molecule has 0 spiro atoms. The highest BCUT2D eigenvalue weighted by Crippen LogP contribution is 2.36. The number of carbonyl (C=O) groups is 2. The molecule has 2 N–H and O–H groups in total. The van der Waals surface area contributed by atoms with Crippen molar-refractivity contribution in [3.8, 4) is 0 Å². The van der Waals surface area contributed by atoms with Crippen LogP contribution in [0.3, 0.4) is 0 Å². The maximum atomic E-state index is 14.5. The van der Waals surface area contributed by atoms with E-state index >= 15 is 0 Å². The van der Waals surface area contributed by atoms with Gasteiger partial charge in [0.1, 0.15) is 6.04 Å². The van der Waals surface area contributed by atoms with Crippen LogP contribution >= 0.6 is 0 Å². The van der Waals surface area contributed by atoms with Gasteiger partial charge < -0.3 is 4.90 Å². The van der Waals surface area contributed by atoms with Gasteiger partial charge in [-0.05, 0) is 60.6 Å². The summed E-state index contributed by atoms with van der Waals surface area (Å²) in [5.41, 5.74) is 3.58. The topological polar surface area (TPSA) is 107 Å². The highest BCUT2D eigenvalue weighted by molar-refractivity contribution is 7.89. The molecule has 0 radical (unpaired) electrons. The van der Waals surface area contributed by atoms with Gasteiger partial charge in [-0.2, -0.15) is 4.31 Å². The summed E-state index contributed by atoms with van der Waals surface area (Å²) in [7, 11) is -5.34. The molecular formula is C29H26F5N3O5S. The minimum Gasteiger partial charge on any atom is -0.307 e. The monoisotopic (exact) mass is 623 g/mol. The standard InChI is InChI=1S/C29H26F5N3O5S/c30-22-23(31)25(33)27(26(34)24(22)32)43(41,42)37-14-13-21(37)29(39)36(20-11-9-19(10-12-20)28(38)35-40)15-16-5-7-18(8-6-16)17-3-1-2-4-17/h5-12,17,21,40H,1-4,13-15H2,(H,35,38). The number of nitrogens with one attached hydrogen (secondary N) is 1. The van der Waals surface area contributed by atoms with Gasteiger partial charge >= 0.3 is 0 Å². The zero-order chi connectivity index (χ0) is 31.1. The van der Waals surface area contributed by atoms with Gasteiger partial charge in [-0.1, -0.05) is 37.1 Å². The summed E-state index contributed by atoms with van der Waals surface area (Å²) in [5, 5.41) is 8.90. The number of hydroxylamine groups is 1. The van der Waals surface area contributed by atoms with Crippen LogP contribution in [0.15, 0.2) is 53.4 Å². The molecule has 1 aliphatic carbocycles. The van der Waals surface area contributed by atoms with Gasteiger partial charge in [-0.15, -0.1) is 0 Å². The Morgan fingerprint density at radius 1 is 0.837 bits per heavy atom. The number of carbonyl (C=O) groups excluding carboxylic acids is 2. The summed E-state index contributed by atoms with van der Waals surface area (Å²) in [6.45, 7) is -0.472. The van der Waals surface area contributed by atoms with Crippen LogP contribution in [-0.4, -0.2) is 42.3 Å². The van der Waals surface area contributed by atoms with E-state index in [0.29, 0.717) is 15.8 Å². The Bertz CT molecular complexity index is 1630. The van der Waals surface area contributed by atoms with Crippen LogP contribution in [0, 0.1) is 29.1 Å². The number of halogens is 5. The minimum absolute atomic E-state index is 0.0544. The lowest BCUT2D eigenvalue weighted by molar-refractivity contribution is -0.125. The molecule has 8 nitrogen and oxygen atoms in total. The van der Waals surface area contributed by atoms with Crippen LogP contribution in [0.4, 0.5) is 27.6 Å². The normalized spacial score (nSPS) is 17.5. The fourth-order valence-electron chi connectivity index (χ4n) is 5.50. The van der Waals surface area contributed by atoms with Crippen molar-refractivity contribution >= 4 is 27.5 Å². The summed E-state index contributed by atoms with van der Waals surface area (Å²) in [5.74, 6) is -13.6. The van der Waals surface area contributed by atoms with Crippen LogP contribution in [-0.2, 0) is 21.4 Å². The molecule has 228 valence electrons. The van der Waals surface area contributed by atoms with Crippen molar-refractivity contribution in [3.05, 3.63) is 94.3 Å². The van der Waals surface area contributed by atoms with Crippen molar-refractivity contribution < 1.29 is 45.2 Å². The zero-order valence-corrected chi connectivity index (χ0v) is 23.3. The van der Waals surface area contributed by atoms with Crippen molar-refractivity contribution in [1.29, 1.82) is 0 Å². The van der Waals surface area contributed by atoms with Gasteiger partial charge in [0.2, 0.25) is 21.7 Å². The highest BCUT2D eigenvalue weighted by atomic mass is 32.2. The summed E-state index contributed by atoms with van der Waals surface area (Å²) < 4.78 is 96.9. The Labute approximate surface area is 243 Å². The average Bonchev–Trinajstić information content (AvgIpc) is 3.52. The van der Waals surface area contributed by atoms with E-state index in [4.69, 9.17) is 5.21 Å². The van der Waals surface area contributed by atoms with E-state index in [1.165, 1.54) is 34.6 Å². The SMILES string of the molecule is O=C(NO)c1ccc(N(Cc2ccc(C3CCCC3)cc2)C(=O)C2CCN2S(=O)(=O)c2c(F)c(F)c(F)c(F)c2F)cc1. The molecule has 0 bridgehead atoms. The van der Waals surface area contributed by atoms with Gasteiger partial charge in [-0.3, -0.25) is 14.8 Å². The second kappa shape index (κ2) is 12.0. The molecule has 2 fully saturated rings. The lowest BCUT2D eigenvalue weighted by Gasteiger charge is -2.41. The van der Waals surface area contributed by atoms with E-state index in [-0.39, 0.29) is 24.2 Å². The van der Waals surface area contributed by atoms with E-state index in [1.54, 1.807) is 0 Å². The lowest BCUT2D eigenvalue weighted by atomic mass is 9.96. The number of hydrogen-bond acceptors (Lipinski definition) is 5. The number of sulfonamides is 1. The second-order valence-electron chi connectivity index (χ2n) is 10.5. The Balaban J connectivity index is 1.47. The van der Waals surface area contributed by atoms with E-state index < -0.39 is 68.4 Å². The fraction of sp³-hybridized carbons (Fsp3) is 0.310. The van der Waals surface area contributed by atoms with Gasteiger partial charge in [0.05, 0.1) is 6.54 Å². The largest absolute Gasteiger partial charge is 0.307 e. The van der Waals surface area contributed by atoms with Gasteiger partial charge in [0.15, 0.2) is 28.2 Å². The number of nitrogens with zero attached hydrogens (tertiary/aromatic N) is 2. The maximum absolute atomic E-state index is 14.5. The Kier molecular flexibility index (Phi) is 8.54. The third kappa shape index (κ3) is 5.61. The third-order valence-corrected chi connectivity index (χ3v) is 9.88. The van der Waals surface area contributed by atoms with Crippen LogP contribution in [0.1, 0.15) is 59.5 Å². The Morgan fingerprint density at radius 2 is 1.40 bits per heavy atom. The van der Waals surface area contributed by atoms with E-state index in [0.717, 1.165) is 31.2 Å². The first kappa shape index (κ1) is 30.6. The molecule has 14 heteroatoms. The zero-order valence-electron chi connectivity index (χ0n) is 22.5. The first-order valence-electron chi connectivity index (χ1n) is 13.4. The van der Waals surface area contributed by atoms with Crippen LogP contribution in [0.5, 0.6) is 0 Å². The van der Waals surface area contributed by atoms with Crippen molar-refractivity contribution in [2.24, 2.45) is 0 Å². The number of anilines is 1.